The molecule has 2 N–H and O–H groups in total. The molecule has 1 unspecified atom stereocenters. The fourth-order valence-corrected chi connectivity index (χ4v) is 3.19. The molecular weight excluding hydrogens is 372 g/mol. The van der Waals surface area contributed by atoms with Gasteiger partial charge in [-0.2, -0.15) is 0 Å². The van der Waals surface area contributed by atoms with E-state index in [-0.39, 0.29) is 23.3 Å². The number of hydrogen-bond donors (Lipinski definition) is 2. The Morgan fingerprint density at radius 1 is 0.733 bits per heavy atom. The van der Waals surface area contributed by atoms with Crippen molar-refractivity contribution in [3.05, 3.63) is 107 Å². The molecule has 30 heavy (non-hydrogen) atoms. The van der Waals surface area contributed by atoms with Gasteiger partial charge < -0.3 is 10.6 Å². The van der Waals surface area contributed by atoms with Gasteiger partial charge in [-0.3, -0.25) is 9.59 Å². The van der Waals surface area contributed by atoms with Crippen LogP contribution < -0.4 is 10.6 Å². The molecule has 0 saturated heterocycles. The van der Waals surface area contributed by atoms with Gasteiger partial charge >= 0.3 is 0 Å². The smallest absolute Gasteiger partial charge is 0.251 e. The van der Waals surface area contributed by atoms with E-state index in [4.69, 9.17) is 0 Å². The van der Waals surface area contributed by atoms with Crippen molar-refractivity contribution in [1.82, 2.24) is 10.6 Å². The third-order valence-corrected chi connectivity index (χ3v) is 5.02. The van der Waals surface area contributed by atoms with Gasteiger partial charge in [-0.05, 0) is 40.8 Å². The SMILES string of the molecule is CC(C)(C)c1ccc(C(CNC(=O)c2ccccc2)NC(=O)c2ccccc2)cc1. The molecule has 154 valence electrons. The van der Waals surface area contributed by atoms with Crippen molar-refractivity contribution in [3.8, 4) is 0 Å². The van der Waals surface area contributed by atoms with E-state index in [0.29, 0.717) is 17.7 Å². The van der Waals surface area contributed by atoms with Crippen LogP contribution in [0.3, 0.4) is 0 Å². The van der Waals surface area contributed by atoms with Crippen molar-refractivity contribution in [2.75, 3.05) is 6.54 Å². The summed E-state index contributed by atoms with van der Waals surface area (Å²) in [5.41, 5.74) is 3.38. The first-order valence-electron chi connectivity index (χ1n) is 10.1. The van der Waals surface area contributed by atoms with Crippen LogP contribution in [0.1, 0.15) is 58.7 Å². The first kappa shape index (κ1) is 21.3. The lowest BCUT2D eigenvalue weighted by molar-refractivity contribution is 0.0908. The van der Waals surface area contributed by atoms with Crippen molar-refractivity contribution in [2.24, 2.45) is 0 Å². The number of benzene rings is 3. The molecule has 0 fully saturated rings. The Kier molecular flexibility index (Phi) is 6.68. The van der Waals surface area contributed by atoms with Gasteiger partial charge in [0.25, 0.3) is 11.8 Å². The molecular formula is C26H28N2O2. The van der Waals surface area contributed by atoms with Gasteiger partial charge in [-0.1, -0.05) is 81.4 Å². The molecule has 3 aromatic carbocycles. The molecule has 0 aliphatic carbocycles. The predicted molar refractivity (Wildman–Crippen MR) is 121 cm³/mol. The lowest BCUT2D eigenvalue weighted by Crippen LogP contribution is -2.38. The molecule has 1 atom stereocenters. The summed E-state index contributed by atoms with van der Waals surface area (Å²) in [5.74, 6) is -0.338. The highest BCUT2D eigenvalue weighted by atomic mass is 16.2. The van der Waals surface area contributed by atoms with Gasteiger partial charge in [0, 0.05) is 17.7 Å². The van der Waals surface area contributed by atoms with Crippen LogP contribution in [0.2, 0.25) is 0 Å². The van der Waals surface area contributed by atoms with E-state index < -0.39 is 0 Å². The van der Waals surface area contributed by atoms with E-state index in [2.05, 4.69) is 43.5 Å². The second-order valence-corrected chi connectivity index (χ2v) is 8.34. The monoisotopic (exact) mass is 400 g/mol. The van der Waals surface area contributed by atoms with Crippen LogP contribution in [0.25, 0.3) is 0 Å². The van der Waals surface area contributed by atoms with Crippen LogP contribution >= 0.6 is 0 Å². The summed E-state index contributed by atoms with van der Waals surface area (Å²) in [4.78, 5) is 25.2. The molecule has 4 heteroatoms. The highest BCUT2D eigenvalue weighted by molar-refractivity contribution is 5.95. The molecule has 4 nitrogen and oxygen atoms in total. The van der Waals surface area contributed by atoms with Crippen LogP contribution in [0.4, 0.5) is 0 Å². The average molecular weight is 401 g/mol. The summed E-state index contributed by atoms with van der Waals surface area (Å²) in [7, 11) is 0. The van der Waals surface area contributed by atoms with Gasteiger partial charge in [0.15, 0.2) is 0 Å². The van der Waals surface area contributed by atoms with Crippen LogP contribution in [0, 0.1) is 0 Å². The lowest BCUT2D eigenvalue weighted by Gasteiger charge is -2.23. The van der Waals surface area contributed by atoms with E-state index in [9.17, 15) is 9.59 Å². The number of rotatable bonds is 6. The topological polar surface area (TPSA) is 58.2 Å². The largest absolute Gasteiger partial charge is 0.350 e. The highest BCUT2D eigenvalue weighted by Gasteiger charge is 2.19. The van der Waals surface area contributed by atoms with E-state index >= 15 is 0 Å². The fraction of sp³-hybridized carbons (Fsp3) is 0.231. The standard InChI is InChI=1S/C26H28N2O2/c1-26(2,3)22-16-14-19(15-17-22)23(28-25(30)21-12-8-5-9-13-21)18-27-24(29)20-10-6-4-7-11-20/h4-17,23H,18H2,1-3H3,(H,27,29)(H,28,30). The Hall–Kier alpha value is -3.40. The minimum atomic E-state index is -0.348. The maximum Gasteiger partial charge on any atom is 0.251 e. The zero-order valence-electron chi connectivity index (χ0n) is 17.7. The molecule has 0 aliphatic rings. The fourth-order valence-electron chi connectivity index (χ4n) is 3.19. The maximum atomic E-state index is 12.7. The van der Waals surface area contributed by atoms with Gasteiger partial charge in [-0.25, -0.2) is 0 Å². The van der Waals surface area contributed by atoms with E-state index in [1.807, 2.05) is 48.5 Å². The Bertz CT molecular complexity index is 975. The third kappa shape index (κ3) is 5.57. The van der Waals surface area contributed by atoms with Gasteiger partial charge in [0.1, 0.15) is 0 Å². The molecule has 0 saturated carbocycles. The molecule has 0 aromatic heterocycles. The van der Waals surface area contributed by atoms with Crippen LogP contribution in [-0.2, 0) is 5.41 Å². The van der Waals surface area contributed by atoms with Crippen molar-refractivity contribution in [1.29, 1.82) is 0 Å². The molecule has 0 bridgehead atoms. The number of hydrogen-bond acceptors (Lipinski definition) is 2. The summed E-state index contributed by atoms with van der Waals surface area (Å²) >= 11 is 0. The minimum Gasteiger partial charge on any atom is -0.350 e. The molecule has 2 amide bonds. The summed E-state index contributed by atoms with van der Waals surface area (Å²) < 4.78 is 0. The lowest BCUT2D eigenvalue weighted by atomic mass is 9.86. The van der Waals surface area contributed by atoms with Gasteiger partial charge in [-0.15, -0.1) is 0 Å². The summed E-state index contributed by atoms with van der Waals surface area (Å²) in [6.07, 6.45) is 0. The normalized spacial score (nSPS) is 12.1. The average Bonchev–Trinajstić information content (AvgIpc) is 2.77. The van der Waals surface area contributed by atoms with Crippen molar-refractivity contribution < 1.29 is 9.59 Å². The Balaban J connectivity index is 1.79. The quantitative estimate of drug-likeness (QED) is 0.619. The van der Waals surface area contributed by atoms with E-state index in [0.717, 1.165) is 5.56 Å². The number of nitrogens with one attached hydrogen (secondary N) is 2. The van der Waals surface area contributed by atoms with E-state index in [1.165, 1.54) is 5.56 Å². The van der Waals surface area contributed by atoms with Crippen LogP contribution in [-0.4, -0.2) is 18.4 Å². The van der Waals surface area contributed by atoms with Crippen LogP contribution in [0.5, 0.6) is 0 Å². The van der Waals surface area contributed by atoms with Gasteiger partial charge in [0.2, 0.25) is 0 Å². The van der Waals surface area contributed by atoms with Crippen molar-refractivity contribution in [3.63, 3.8) is 0 Å². The zero-order valence-corrected chi connectivity index (χ0v) is 17.7. The van der Waals surface area contributed by atoms with Crippen LogP contribution in [0.15, 0.2) is 84.9 Å². The first-order valence-corrected chi connectivity index (χ1v) is 10.1. The zero-order chi connectivity index (χ0) is 21.6. The molecule has 0 heterocycles. The third-order valence-electron chi connectivity index (χ3n) is 5.02. The van der Waals surface area contributed by atoms with Gasteiger partial charge in [0.05, 0.1) is 6.04 Å². The molecule has 0 spiro atoms. The molecule has 0 radical (unpaired) electrons. The van der Waals surface area contributed by atoms with E-state index in [1.54, 1.807) is 24.3 Å². The molecule has 3 aromatic rings. The van der Waals surface area contributed by atoms with Crippen molar-refractivity contribution >= 4 is 11.8 Å². The Labute approximate surface area is 178 Å². The minimum absolute atomic E-state index is 0.0445. The predicted octanol–water partition coefficient (Wildman–Crippen LogP) is 4.89. The first-order chi connectivity index (χ1) is 14.3. The number of carbonyl (C=O) groups is 2. The molecule has 3 rings (SSSR count). The van der Waals surface area contributed by atoms with Crippen molar-refractivity contribution in [2.45, 2.75) is 32.2 Å². The maximum absolute atomic E-state index is 12.7. The summed E-state index contributed by atoms with van der Waals surface area (Å²) in [6, 6.07) is 26.0. The number of carbonyl (C=O) groups excluding carboxylic acids is 2. The second-order valence-electron chi connectivity index (χ2n) is 8.34. The number of amides is 2. The Morgan fingerprint density at radius 3 is 1.73 bits per heavy atom. The summed E-state index contributed by atoms with van der Waals surface area (Å²) in [5, 5.41) is 6.01. The molecule has 0 aliphatic heterocycles. The second kappa shape index (κ2) is 9.40. The summed E-state index contributed by atoms with van der Waals surface area (Å²) in [6.45, 7) is 6.78. The Morgan fingerprint density at radius 2 is 1.23 bits per heavy atom. The highest BCUT2D eigenvalue weighted by Crippen LogP contribution is 2.24.